The zero-order chi connectivity index (χ0) is 12.8. The molecule has 2 N–H and O–H groups in total. The van der Waals surface area contributed by atoms with Crippen LogP contribution in [0.4, 0.5) is 5.69 Å². The molecule has 0 unspecified atom stereocenters. The van der Waals surface area contributed by atoms with Gasteiger partial charge in [-0.2, -0.15) is 0 Å². The van der Waals surface area contributed by atoms with Crippen LogP contribution in [0.1, 0.15) is 38.2 Å². The van der Waals surface area contributed by atoms with Crippen molar-refractivity contribution in [3.8, 4) is 0 Å². The van der Waals surface area contributed by atoms with Crippen molar-refractivity contribution in [3.63, 3.8) is 0 Å². The summed E-state index contributed by atoms with van der Waals surface area (Å²) in [5.74, 6) is 1.31. The molecule has 1 aromatic rings. The van der Waals surface area contributed by atoms with Crippen molar-refractivity contribution in [1.82, 2.24) is 0 Å². The highest BCUT2D eigenvalue weighted by molar-refractivity contribution is 5.58. The zero-order valence-corrected chi connectivity index (χ0v) is 11.5. The van der Waals surface area contributed by atoms with E-state index in [-0.39, 0.29) is 0 Å². The van der Waals surface area contributed by atoms with Gasteiger partial charge in [0.15, 0.2) is 0 Å². The molecule has 1 aliphatic carbocycles. The van der Waals surface area contributed by atoms with Gasteiger partial charge in [-0.15, -0.1) is 0 Å². The molecule has 2 aliphatic rings. The Bertz CT molecular complexity index is 432. The fourth-order valence-electron chi connectivity index (χ4n) is 3.80. The topological polar surface area (TPSA) is 29.3 Å². The fourth-order valence-corrected chi connectivity index (χ4v) is 3.80. The molecule has 0 bridgehead atoms. The molecule has 0 radical (unpaired) electrons. The molecule has 98 valence electrons. The number of nitrogens with zero attached hydrogens (tertiary/aromatic N) is 1. The third kappa shape index (κ3) is 1.74. The van der Waals surface area contributed by atoms with Crippen LogP contribution in [0.5, 0.6) is 0 Å². The Hall–Kier alpha value is -1.02. The Morgan fingerprint density at radius 2 is 1.89 bits per heavy atom. The van der Waals surface area contributed by atoms with E-state index in [0.717, 1.165) is 6.54 Å². The lowest BCUT2D eigenvalue weighted by Crippen LogP contribution is -2.19. The smallest absolute Gasteiger partial charge is 0.0401 e. The first-order valence-electron chi connectivity index (χ1n) is 7.20. The fraction of sp³-hybridized carbons (Fsp3) is 0.625. The lowest BCUT2D eigenvalue weighted by atomic mass is 10.0. The maximum Gasteiger partial charge on any atom is 0.0401 e. The minimum Gasteiger partial charge on any atom is -0.371 e. The van der Waals surface area contributed by atoms with E-state index in [1.165, 1.54) is 37.2 Å². The van der Waals surface area contributed by atoms with Crippen LogP contribution in [0.25, 0.3) is 0 Å². The maximum atomic E-state index is 5.93. The number of benzene rings is 1. The van der Waals surface area contributed by atoms with Gasteiger partial charge in [-0.3, -0.25) is 0 Å². The Labute approximate surface area is 110 Å². The van der Waals surface area contributed by atoms with Gasteiger partial charge in [0.05, 0.1) is 0 Å². The molecule has 1 saturated carbocycles. The van der Waals surface area contributed by atoms with Gasteiger partial charge in [0, 0.05) is 18.8 Å². The summed E-state index contributed by atoms with van der Waals surface area (Å²) in [5.41, 5.74) is 9.30. The highest BCUT2D eigenvalue weighted by Crippen LogP contribution is 2.65. The van der Waals surface area contributed by atoms with E-state index in [1.807, 2.05) is 0 Å². The summed E-state index contributed by atoms with van der Waals surface area (Å²) in [6.45, 7) is 7.97. The van der Waals surface area contributed by atoms with Crippen LogP contribution in [0.3, 0.4) is 0 Å². The molecule has 2 fully saturated rings. The molecule has 1 aromatic carbocycles. The lowest BCUT2D eigenvalue weighted by molar-refractivity contribution is 0.558. The van der Waals surface area contributed by atoms with Crippen molar-refractivity contribution in [2.75, 3.05) is 24.5 Å². The second kappa shape index (κ2) is 4.27. The second-order valence-electron chi connectivity index (χ2n) is 6.39. The van der Waals surface area contributed by atoms with Gasteiger partial charge in [0.25, 0.3) is 0 Å². The van der Waals surface area contributed by atoms with Gasteiger partial charge in [-0.05, 0) is 48.3 Å². The van der Waals surface area contributed by atoms with Crippen LogP contribution in [0, 0.1) is 11.3 Å². The van der Waals surface area contributed by atoms with Gasteiger partial charge in [0.1, 0.15) is 0 Å². The molecule has 2 heteroatoms. The number of hydrogen-bond donors (Lipinski definition) is 1. The molecule has 0 aromatic heterocycles. The van der Waals surface area contributed by atoms with Crippen LogP contribution >= 0.6 is 0 Å². The van der Waals surface area contributed by atoms with E-state index in [4.69, 9.17) is 5.73 Å². The molecule has 0 amide bonds. The first-order chi connectivity index (χ1) is 8.66. The van der Waals surface area contributed by atoms with Gasteiger partial charge < -0.3 is 10.6 Å². The Morgan fingerprint density at radius 1 is 1.22 bits per heavy atom. The molecule has 1 saturated heterocycles. The minimum atomic E-state index is 0.380. The molecular weight excluding hydrogens is 220 g/mol. The average molecular weight is 244 g/mol. The highest BCUT2D eigenvalue weighted by atomic mass is 15.1. The maximum absolute atomic E-state index is 5.93. The minimum absolute atomic E-state index is 0.380. The molecule has 1 heterocycles. The summed E-state index contributed by atoms with van der Waals surface area (Å²) in [7, 11) is 0. The summed E-state index contributed by atoms with van der Waals surface area (Å²) in [4.78, 5) is 2.55. The molecule has 2 atom stereocenters. The summed E-state index contributed by atoms with van der Waals surface area (Å²) in [6, 6.07) is 8.96. The number of rotatable bonds is 3. The molecule has 18 heavy (non-hydrogen) atoms. The summed E-state index contributed by atoms with van der Waals surface area (Å²) in [5, 5.41) is 0. The number of nitrogens with two attached hydrogens (primary N) is 1. The predicted molar refractivity (Wildman–Crippen MR) is 77.0 cm³/mol. The predicted octanol–water partition coefficient (Wildman–Crippen LogP) is 2.99. The number of hydrogen-bond acceptors (Lipinski definition) is 2. The van der Waals surface area contributed by atoms with Crippen molar-refractivity contribution in [1.29, 1.82) is 0 Å². The normalized spacial score (nSPS) is 29.6. The van der Waals surface area contributed by atoms with Crippen LogP contribution in [0.15, 0.2) is 24.3 Å². The molecule has 0 spiro atoms. The first-order valence-corrected chi connectivity index (χ1v) is 7.20. The Kier molecular flexibility index (Phi) is 2.86. The van der Waals surface area contributed by atoms with Crippen molar-refractivity contribution in [3.05, 3.63) is 29.8 Å². The monoisotopic (exact) mass is 244 g/mol. The molecule has 1 aliphatic heterocycles. The molecule has 2 nitrogen and oxygen atoms in total. The van der Waals surface area contributed by atoms with E-state index in [9.17, 15) is 0 Å². The van der Waals surface area contributed by atoms with Gasteiger partial charge in [0.2, 0.25) is 0 Å². The van der Waals surface area contributed by atoms with Gasteiger partial charge >= 0.3 is 0 Å². The van der Waals surface area contributed by atoms with E-state index in [2.05, 4.69) is 43.0 Å². The third-order valence-electron chi connectivity index (χ3n) is 5.02. The third-order valence-corrected chi connectivity index (χ3v) is 5.02. The van der Waals surface area contributed by atoms with Gasteiger partial charge in [-0.25, -0.2) is 0 Å². The van der Waals surface area contributed by atoms with Crippen molar-refractivity contribution in [2.45, 2.75) is 32.6 Å². The standard InChI is InChI=1S/C16H24N2/c1-16(2)13(11-17)15(16)12-7-3-4-8-14(12)18-9-5-6-10-18/h3-4,7-8,13,15H,5-6,9-11,17H2,1-2H3/t13-,15-/m0/s1. The Morgan fingerprint density at radius 3 is 2.50 bits per heavy atom. The molecule has 3 rings (SSSR count). The van der Waals surface area contributed by atoms with Crippen molar-refractivity contribution in [2.24, 2.45) is 17.1 Å². The first kappa shape index (κ1) is 12.0. The van der Waals surface area contributed by atoms with E-state index in [0.29, 0.717) is 17.3 Å². The summed E-state index contributed by atoms with van der Waals surface area (Å²) >= 11 is 0. The second-order valence-corrected chi connectivity index (χ2v) is 6.39. The zero-order valence-electron chi connectivity index (χ0n) is 11.5. The molecular formula is C16H24N2. The average Bonchev–Trinajstić information content (AvgIpc) is 2.76. The van der Waals surface area contributed by atoms with Gasteiger partial charge in [-0.1, -0.05) is 32.0 Å². The summed E-state index contributed by atoms with van der Waals surface area (Å²) < 4.78 is 0. The van der Waals surface area contributed by atoms with Crippen LogP contribution in [-0.2, 0) is 0 Å². The Balaban J connectivity index is 1.93. The number of anilines is 1. The summed E-state index contributed by atoms with van der Waals surface area (Å²) in [6.07, 6.45) is 2.67. The van der Waals surface area contributed by atoms with E-state index < -0.39 is 0 Å². The van der Waals surface area contributed by atoms with Crippen molar-refractivity contribution >= 4 is 5.69 Å². The SMILES string of the molecule is CC1(C)[C@@H](CN)[C@@H]1c1ccccc1N1CCCC1. The van der Waals surface area contributed by atoms with Crippen LogP contribution in [-0.4, -0.2) is 19.6 Å². The quantitative estimate of drug-likeness (QED) is 0.885. The van der Waals surface area contributed by atoms with Crippen LogP contribution < -0.4 is 10.6 Å². The van der Waals surface area contributed by atoms with Crippen LogP contribution in [0.2, 0.25) is 0 Å². The lowest BCUT2D eigenvalue weighted by Gasteiger charge is -2.22. The largest absolute Gasteiger partial charge is 0.371 e. The van der Waals surface area contributed by atoms with E-state index >= 15 is 0 Å². The van der Waals surface area contributed by atoms with E-state index in [1.54, 1.807) is 0 Å². The highest BCUT2D eigenvalue weighted by Gasteiger charge is 2.57. The van der Waals surface area contributed by atoms with Crippen molar-refractivity contribution < 1.29 is 0 Å². The number of para-hydroxylation sites is 1.